The summed E-state index contributed by atoms with van der Waals surface area (Å²) in [6.07, 6.45) is 4.34. The van der Waals surface area contributed by atoms with Gasteiger partial charge in [-0.25, -0.2) is 12.8 Å². The fraction of sp³-hybridized carbons (Fsp3) is 0.533. The van der Waals surface area contributed by atoms with Crippen molar-refractivity contribution < 1.29 is 17.6 Å². The van der Waals surface area contributed by atoms with Crippen molar-refractivity contribution in [3.8, 4) is 0 Å². The van der Waals surface area contributed by atoms with Gasteiger partial charge >= 0.3 is 0 Å². The van der Waals surface area contributed by atoms with Crippen LogP contribution in [-0.4, -0.2) is 26.1 Å². The molecule has 4 N–H and O–H groups in total. The Morgan fingerprint density at radius 2 is 2.04 bits per heavy atom. The third-order valence-electron chi connectivity index (χ3n) is 4.10. The van der Waals surface area contributed by atoms with Crippen molar-refractivity contribution in [2.45, 2.75) is 38.1 Å². The molecule has 0 heterocycles. The summed E-state index contributed by atoms with van der Waals surface area (Å²) in [5.74, 6) is -1.27. The molecule has 1 saturated carbocycles. The van der Waals surface area contributed by atoms with Crippen LogP contribution in [0, 0.1) is 11.7 Å². The first kappa shape index (κ1) is 20.7. The summed E-state index contributed by atoms with van der Waals surface area (Å²) >= 11 is 0. The predicted octanol–water partition coefficient (Wildman–Crippen LogP) is 2.47. The van der Waals surface area contributed by atoms with Crippen LogP contribution in [-0.2, 0) is 14.8 Å². The Bertz CT molecular complexity index is 710. The molecule has 0 spiro atoms. The van der Waals surface area contributed by atoms with E-state index in [2.05, 4.69) is 10.0 Å². The highest BCUT2D eigenvalue weighted by Gasteiger charge is 2.37. The van der Waals surface area contributed by atoms with Gasteiger partial charge in [0.2, 0.25) is 15.9 Å². The van der Waals surface area contributed by atoms with E-state index < -0.39 is 21.4 Å². The zero-order valence-corrected chi connectivity index (χ0v) is 15.3. The molecule has 0 saturated heterocycles. The van der Waals surface area contributed by atoms with Gasteiger partial charge in [0.1, 0.15) is 5.82 Å². The SMILES string of the molecule is CC1(N)CCCCC1C(=O)Nc1ccc(F)c(NS(C)(=O)=O)c1.Cl. The molecule has 1 amide bonds. The summed E-state index contributed by atoms with van der Waals surface area (Å²) in [7, 11) is -3.61. The van der Waals surface area contributed by atoms with Gasteiger partial charge in [0.05, 0.1) is 17.9 Å². The number of sulfonamides is 1. The second-order valence-corrected chi connectivity index (χ2v) is 8.11. The average Bonchev–Trinajstić information content (AvgIpc) is 2.40. The average molecular weight is 380 g/mol. The molecule has 1 aromatic rings. The van der Waals surface area contributed by atoms with Gasteiger partial charge in [-0.1, -0.05) is 12.8 Å². The van der Waals surface area contributed by atoms with Gasteiger partial charge in [-0.15, -0.1) is 12.4 Å². The molecule has 2 unspecified atom stereocenters. The molecule has 0 aromatic heterocycles. The van der Waals surface area contributed by atoms with Crippen LogP contribution < -0.4 is 15.8 Å². The highest BCUT2D eigenvalue weighted by atomic mass is 35.5. The first-order valence-corrected chi connectivity index (χ1v) is 9.35. The van der Waals surface area contributed by atoms with Crippen LogP contribution in [0.2, 0.25) is 0 Å². The molecule has 24 heavy (non-hydrogen) atoms. The zero-order chi connectivity index (χ0) is 17.3. The minimum atomic E-state index is -3.61. The van der Waals surface area contributed by atoms with Crippen LogP contribution in [0.5, 0.6) is 0 Å². The fourth-order valence-electron chi connectivity index (χ4n) is 2.90. The van der Waals surface area contributed by atoms with E-state index in [0.29, 0.717) is 12.1 Å². The Morgan fingerprint density at radius 3 is 2.62 bits per heavy atom. The summed E-state index contributed by atoms with van der Waals surface area (Å²) < 4.78 is 38.2. The maximum absolute atomic E-state index is 13.7. The van der Waals surface area contributed by atoms with Crippen LogP contribution in [0.1, 0.15) is 32.6 Å². The van der Waals surface area contributed by atoms with E-state index >= 15 is 0 Å². The normalized spacial score (nSPS) is 23.9. The Hall–Kier alpha value is -1.38. The minimum absolute atomic E-state index is 0. The number of rotatable bonds is 4. The molecule has 0 aliphatic heterocycles. The van der Waals surface area contributed by atoms with Crippen molar-refractivity contribution in [1.82, 2.24) is 0 Å². The monoisotopic (exact) mass is 379 g/mol. The first-order chi connectivity index (χ1) is 10.6. The molecule has 136 valence electrons. The lowest BCUT2D eigenvalue weighted by atomic mass is 9.74. The molecule has 1 fully saturated rings. The van der Waals surface area contributed by atoms with Crippen molar-refractivity contribution in [3.05, 3.63) is 24.0 Å². The number of carbonyl (C=O) groups is 1. The van der Waals surface area contributed by atoms with E-state index in [-0.39, 0.29) is 29.9 Å². The maximum atomic E-state index is 13.7. The molecule has 2 atom stereocenters. The van der Waals surface area contributed by atoms with Gasteiger partial charge in [-0.2, -0.15) is 0 Å². The van der Waals surface area contributed by atoms with Crippen LogP contribution in [0.15, 0.2) is 18.2 Å². The summed E-state index contributed by atoms with van der Waals surface area (Å²) in [5.41, 5.74) is 5.75. The van der Waals surface area contributed by atoms with Gasteiger partial charge in [0, 0.05) is 11.2 Å². The van der Waals surface area contributed by atoms with E-state index in [1.807, 2.05) is 6.92 Å². The summed E-state index contributed by atoms with van der Waals surface area (Å²) in [6.45, 7) is 1.86. The third kappa shape index (κ3) is 5.32. The van der Waals surface area contributed by atoms with Crippen LogP contribution in [0.4, 0.5) is 15.8 Å². The topological polar surface area (TPSA) is 101 Å². The Labute approximate surface area is 147 Å². The van der Waals surface area contributed by atoms with Gasteiger partial charge in [0.15, 0.2) is 0 Å². The molecule has 1 aliphatic rings. The first-order valence-electron chi connectivity index (χ1n) is 7.45. The molecular formula is C15H23ClFN3O3S. The van der Waals surface area contributed by atoms with Crippen LogP contribution in [0.25, 0.3) is 0 Å². The van der Waals surface area contributed by atoms with E-state index in [1.165, 1.54) is 12.1 Å². The van der Waals surface area contributed by atoms with E-state index in [1.54, 1.807) is 0 Å². The molecule has 2 rings (SSSR count). The molecule has 9 heteroatoms. The quantitative estimate of drug-likeness (QED) is 0.747. The lowest BCUT2D eigenvalue weighted by molar-refractivity contribution is -0.122. The van der Waals surface area contributed by atoms with Gasteiger partial charge in [-0.05, 0) is 38.0 Å². The smallest absolute Gasteiger partial charge is 0.229 e. The van der Waals surface area contributed by atoms with E-state index in [0.717, 1.165) is 31.6 Å². The Balaban J connectivity index is 0.00000288. The molecule has 1 aliphatic carbocycles. The number of carbonyl (C=O) groups excluding carboxylic acids is 1. The zero-order valence-electron chi connectivity index (χ0n) is 13.6. The lowest BCUT2D eigenvalue weighted by Crippen LogP contribution is -2.51. The largest absolute Gasteiger partial charge is 0.326 e. The van der Waals surface area contributed by atoms with E-state index in [9.17, 15) is 17.6 Å². The summed E-state index contributed by atoms with van der Waals surface area (Å²) in [4.78, 5) is 12.4. The Kier molecular flexibility index (Phi) is 6.60. The highest BCUT2D eigenvalue weighted by molar-refractivity contribution is 7.92. The highest BCUT2D eigenvalue weighted by Crippen LogP contribution is 2.32. The number of nitrogens with one attached hydrogen (secondary N) is 2. The molecule has 0 radical (unpaired) electrons. The van der Waals surface area contributed by atoms with Crippen LogP contribution >= 0.6 is 12.4 Å². The minimum Gasteiger partial charge on any atom is -0.326 e. The van der Waals surface area contributed by atoms with Gasteiger partial charge in [0.25, 0.3) is 0 Å². The number of anilines is 2. The summed E-state index contributed by atoms with van der Waals surface area (Å²) in [6, 6.07) is 3.74. The van der Waals surface area contributed by atoms with Crippen molar-refractivity contribution in [1.29, 1.82) is 0 Å². The number of hydrogen-bond acceptors (Lipinski definition) is 4. The van der Waals surface area contributed by atoms with E-state index in [4.69, 9.17) is 5.73 Å². The predicted molar refractivity (Wildman–Crippen MR) is 95.3 cm³/mol. The standard InChI is InChI=1S/C15H22FN3O3S.ClH/c1-15(17)8-4-3-5-11(15)14(20)18-10-6-7-12(16)13(9-10)19-23(2,21)22;/h6-7,9,11,19H,3-5,8,17H2,1-2H3,(H,18,20);1H. The van der Waals surface area contributed by atoms with Crippen molar-refractivity contribution in [2.24, 2.45) is 11.7 Å². The third-order valence-corrected chi connectivity index (χ3v) is 4.69. The Morgan fingerprint density at radius 1 is 1.38 bits per heavy atom. The number of amides is 1. The van der Waals surface area contributed by atoms with Crippen molar-refractivity contribution in [3.63, 3.8) is 0 Å². The van der Waals surface area contributed by atoms with Gasteiger partial charge < -0.3 is 11.1 Å². The number of nitrogens with two attached hydrogens (primary N) is 1. The van der Waals surface area contributed by atoms with Crippen molar-refractivity contribution in [2.75, 3.05) is 16.3 Å². The number of halogens is 2. The summed E-state index contributed by atoms with van der Waals surface area (Å²) in [5, 5.41) is 2.70. The second kappa shape index (κ2) is 7.67. The molecule has 6 nitrogen and oxygen atoms in total. The molecule has 0 bridgehead atoms. The van der Waals surface area contributed by atoms with Crippen LogP contribution in [0.3, 0.4) is 0 Å². The lowest BCUT2D eigenvalue weighted by Gasteiger charge is -2.37. The molecule has 1 aromatic carbocycles. The second-order valence-electron chi connectivity index (χ2n) is 6.36. The van der Waals surface area contributed by atoms with Gasteiger partial charge in [-0.3, -0.25) is 9.52 Å². The number of hydrogen-bond donors (Lipinski definition) is 3. The van der Waals surface area contributed by atoms with Crippen molar-refractivity contribution >= 4 is 39.7 Å². The number of benzene rings is 1. The maximum Gasteiger partial charge on any atom is 0.229 e. The fourth-order valence-corrected chi connectivity index (χ4v) is 3.46. The molecular weight excluding hydrogens is 357 g/mol.